The van der Waals surface area contributed by atoms with Crippen molar-refractivity contribution in [1.29, 1.82) is 5.41 Å². The Bertz CT molecular complexity index is 1230. The van der Waals surface area contributed by atoms with E-state index < -0.39 is 0 Å². The molecule has 5 N–H and O–H groups in total. The molecule has 29 heavy (non-hydrogen) atoms. The predicted molar refractivity (Wildman–Crippen MR) is 124 cm³/mol. The normalized spacial score (nSPS) is 11.1. The summed E-state index contributed by atoms with van der Waals surface area (Å²) in [6.45, 7) is 1.22. The molecule has 4 aromatic rings. The van der Waals surface area contributed by atoms with Gasteiger partial charge < -0.3 is 20.9 Å². The van der Waals surface area contributed by atoms with Crippen molar-refractivity contribution < 1.29 is 0 Å². The number of benzene rings is 3. The van der Waals surface area contributed by atoms with E-state index in [9.17, 15) is 0 Å². The van der Waals surface area contributed by atoms with Gasteiger partial charge in [-0.3, -0.25) is 5.41 Å². The fraction of sp³-hybridized carbons (Fsp3) is 0.0952. The molecule has 0 amide bonds. The maximum atomic E-state index is 7.35. The van der Waals surface area contributed by atoms with Gasteiger partial charge in [0.2, 0.25) is 0 Å². The molecule has 0 aliphatic carbocycles. The lowest BCUT2D eigenvalue weighted by molar-refractivity contribution is 0.709. The van der Waals surface area contributed by atoms with Crippen molar-refractivity contribution in [2.45, 2.75) is 6.54 Å². The van der Waals surface area contributed by atoms with E-state index >= 15 is 0 Å². The van der Waals surface area contributed by atoms with Crippen LogP contribution >= 0.6 is 34.8 Å². The van der Waals surface area contributed by atoms with Crippen molar-refractivity contribution >= 4 is 73.9 Å². The second kappa shape index (κ2) is 8.03. The molecule has 0 atom stereocenters. The minimum Gasteiger partial charge on any atom is -0.370 e. The number of nitrogens with one attached hydrogen (secondary N) is 3. The van der Waals surface area contributed by atoms with Gasteiger partial charge >= 0.3 is 0 Å². The molecule has 5 nitrogen and oxygen atoms in total. The van der Waals surface area contributed by atoms with Crippen molar-refractivity contribution in [2.24, 2.45) is 5.73 Å². The van der Waals surface area contributed by atoms with Gasteiger partial charge in [0.15, 0.2) is 5.96 Å². The van der Waals surface area contributed by atoms with Crippen LogP contribution < -0.4 is 16.4 Å². The van der Waals surface area contributed by atoms with Gasteiger partial charge in [-0.2, -0.15) is 0 Å². The van der Waals surface area contributed by atoms with Crippen LogP contribution in [0.2, 0.25) is 15.1 Å². The zero-order valence-electron chi connectivity index (χ0n) is 15.3. The average Bonchev–Trinajstić information content (AvgIpc) is 2.97. The molecular formula is C21H18Cl3N5. The molecule has 0 unspecified atom stereocenters. The maximum absolute atomic E-state index is 7.35. The molecule has 0 aliphatic heterocycles. The summed E-state index contributed by atoms with van der Waals surface area (Å²) < 4.78 is 2.19. The second-order valence-electron chi connectivity index (χ2n) is 6.64. The first-order valence-electron chi connectivity index (χ1n) is 8.94. The van der Waals surface area contributed by atoms with Crippen LogP contribution in [0.25, 0.3) is 21.8 Å². The van der Waals surface area contributed by atoms with Crippen molar-refractivity contribution in [3.05, 3.63) is 69.7 Å². The highest BCUT2D eigenvalue weighted by molar-refractivity contribution is 6.42. The highest BCUT2D eigenvalue weighted by Gasteiger charge is 2.12. The van der Waals surface area contributed by atoms with Gasteiger partial charge in [-0.25, -0.2) is 0 Å². The van der Waals surface area contributed by atoms with E-state index in [0.717, 1.165) is 33.2 Å². The first-order valence-corrected chi connectivity index (χ1v) is 10.1. The Balaban J connectivity index is 1.76. The molecule has 4 rings (SSSR count). The highest BCUT2D eigenvalue weighted by atomic mass is 35.5. The number of fused-ring (bicyclic) bond motifs is 3. The molecule has 8 heteroatoms. The number of nitrogens with two attached hydrogens (primary N) is 1. The van der Waals surface area contributed by atoms with E-state index in [-0.39, 0.29) is 5.96 Å². The molecule has 0 radical (unpaired) electrons. The number of nitrogens with zero attached hydrogens (tertiary/aromatic N) is 1. The van der Waals surface area contributed by atoms with Gasteiger partial charge in [-0.1, -0.05) is 34.8 Å². The lowest BCUT2D eigenvalue weighted by Gasteiger charge is -2.10. The minimum absolute atomic E-state index is 0.0399. The zero-order valence-corrected chi connectivity index (χ0v) is 17.5. The predicted octanol–water partition coefficient (Wildman–Crippen LogP) is 5.98. The van der Waals surface area contributed by atoms with Gasteiger partial charge in [-0.05, 0) is 54.6 Å². The molecule has 0 bridgehead atoms. The Labute approximate surface area is 182 Å². The summed E-state index contributed by atoms with van der Waals surface area (Å²) in [5.41, 5.74) is 9.34. The van der Waals surface area contributed by atoms with Gasteiger partial charge in [0, 0.05) is 51.3 Å². The molecule has 0 fully saturated rings. The number of anilines is 2. The van der Waals surface area contributed by atoms with Crippen LogP contribution in [0.4, 0.5) is 11.4 Å². The summed E-state index contributed by atoms with van der Waals surface area (Å²) in [6.07, 6.45) is 0. The molecule has 0 saturated carbocycles. The SMILES string of the molecule is N=C(N)NCCn1c2ccc(Cl)cc2c2cc(Nc3ccc(Cl)c(Cl)c3)ccc21. The number of rotatable bonds is 5. The van der Waals surface area contributed by atoms with E-state index in [1.165, 1.54) is 0 Å². The zero-order chi connectivity index (χ0) is 20.5. The molecule has 1 aromatic heterocycles. The third-order valence-corrected chi connectivity index (χ3v) is 5.66. The largest absolute Gasteiger partial charge is 0.370 e. The second-order valence-corrected chi connectivity index (χ2v) is 7.89. The standard InChI is InChI=1S/C21H18Cl3N5/c22-12-1-5-19-15(9-12)16-10-13(28-14-2-4-17(23)18(24)11-14)3-6-20(16)29(19)8-7-27-21(25)26/h1-6,9-11,28H,7-8H2,(H4,25,26,27). The number of halogens is 3. The van der Waals surface area contributed by atoms with Crippen LogP contribution in [0.3, 0.4) is 0 Å². The fourth-order valence-corrected chi connectivity index (χ4v) is 3.91. The van der Waals surface area contributed by atoms with E-state index in [1.807, 2.05) is 30.3 Å². The van der Waals surface area contributed by atoms with Crippen LogP contribution in [0.1, 0.15) is 0 Å². The minimum atomic E-state index is -0.0399. The molecule has 3 aromatic carbocycles. The maximum Gasteiger partial charge on any atom is 0.185 e. The Morgan fingerprint density at radius 1 is 0.862 bits per heavy atom. The fourth-order valence-electron chi connectivity index (χ4n) is 3.44. The van der Waals surface area contributed by atoms with Crippen LogP contribution in [-0.2, 0) is 6.54 Å². The van der Waals surface area contributed by atoms with Gasteiger partial charge in [0.25, 0.3) is 0 Å². The topological polar surface area (TPSA) is 78.9 Å². The average molecular weight is 447 g/mol. The summed E-state index contributed by atoms with van der Waals surface area (Å²) in [4.78, 5) is 0. The Morgan fingerprint density at radius 3 is 2.24 bits per heavy atom. The lowest BCUT2D eigenvalue weighted by Crippen LogP contribution is -2.32. The van der Waals surface area contributed by atoms with Crippen LogP contribution in [0.15, 0.2) is 54.6 Å². The van der Waals surface area contributed by atoms with Crippen LogP contribution in [0, 0.1) is 5.41 Å². The number of aromatic nitrogens is 1. The summed E-state index contributed by atoms with van der Waals surface area (Å²) >= 11 is 18.4. The number of hydrogen-bond acceptors (Lipinski definition) is 2. The first kappa shape index (κ1) is 19.7. The molecule has 148 valence electrons. The third-order valence-electron chi connectivity index (χ3n) is 4.69. The van der Waals surface area contributed by atoms with Crippen molar-refractivity contribution in [1.82, 2.24) is 9.88 Å². The quantitative estimate of drug-likeness (QED) is 0.225. The third kappa shape index (κ3) is 4.08. The Hall–Kier alpha value is -2.60. The summed E-state index contributed by atoms with van der Waals surface area (Å²) in [6, 6.07) is 17.5. The van der Waals surface area contributed by atoms with E-state index in [0.29, 0.717) is 28.2 Å². The lowest BCUT2D eigenvalue weighted by atomic mass is 10.1. The van der Waals surface area contributed by atoms with Gasteiger partial charge in [0.1, 0.15) is 0 Å². The Kier molecular flexibility index (Phi) is 5.46. The van der Waals surface area contributed by atoms with Gasteiger partial charge in [0.05, 0.1) is 10.0 Å². The molecule has 0 saturated heterocycles. The van der Waals surface area contributed by atoms with Crippen molar-refractivity contribution in [3.63, 3.8) is 0 Å². The van der Waals surface area contributed by atoms with Gasteiger partial charge in [-0.15, -0.1) is 0 Å². The molecule has 0 aliphatic rings. The Morgan fingerprint density at radius 2 is 1.52 bits per heavy atom. The smallest absolute Gasteiger partial charge is 0.185 e. The van der Waals surface area contributed by atoms with E-state index in [4.69, 9.17) is 45.9 Å². The monoisotopic (exact) mass is 445 g/mol. The summed E-state index contributed by atoms with van der Waals surface area (Å²) in [7, 11) is 0. The van der Waals surface area contributed by atoms with Crippen molar-refractivity contribution in [3.8, 4) is 0 Å². The van der Waals surface area contributed by atoms with E-state index in [1.54, 1.807) is 12.1 Å². The molecular weight excluding hydrogens is 429 g/mol. The summed E-state index contributed by atoms with van der Waals surface area (Å²) in [5, 5.41) is 17.4. The number of hydrogen-bond donors (Lipinski definition) is 4. The molecule has 1 heterocycles. The first-order chi connectivity index (χ1) is 13.9. The summed E-state index contributed by atoms with van der Waals surface area (Å²) in [5.74, 6) is -0.0399. The molecule has 0 spiro atoms. The number of guanidine groups is 1. The van der Waals surface area contributed by atoms with Crippen molar-refractivity contribution in [2.75, 3.05) is 11.9 Å². The van der Waals surface area contributed by atoms with Crippen LogP contribution in [-0.4, -0.2) is 17.1 Å². The van der Waals surface area contributed by atoms with E-state index in [2.05, 4.69) is 27.3 Å². The van der Waals surface area contributed by atoms with Crippen LogP contribution in [0.5, 0.6) is 0 Å². The highest BCUT2D eigenvalue weighted by Crippen LogP contribution is 2.34.